The van der Waals surface area contributed by atoms with Gasteiger partial charge in [0.05, 0.1) is 22.1 Å². The van der Waals surface area contributed by atoms with Crippen molar-refractivity contribution in [3.05, 3.63) is 65.9 Å². The maximum Gasteiger partial charge on any atom is 0.248 e. The lowest BCUT2D eigenvalue weighted by atomic mass is 9.86. The molecule has 3 aromatic rings. The molecule has 36 heavy (non-hydrogen) atoms. The van der Waals surface area contributed by atoms with Gasteiger partial charge in [0.2, 0.25) is 5.91 Å². The van der Waals surface area contributed by atoms with Gasteiger partial charge in [-0.15, -0.1) is 0 Å². The first kappa shape index (κ1) is 26.1. The summed E-state index contributed by atoms with van der Waals surface area (Å²) in [5, 5.41) is 10.2. The Morgan fingerprint density at radius 3 is 2.61 bits per heavy atom. The van der Waals surface area contributed by atoms with E-state index in [0.29, 0.717) is 31.9 Å². The molecule has 1 amide bonds. The number of benzene rings is 2. The number of ether oxygens (including phenoxy) is 1. The van der Waals surface area contributed by atoms with Crippen LogP contribution in [-0.4, -0.2) is 54.3 Å². The van der Waals surface area contributed by atoms with Gasteiger partial charge in [0.15, 0.2) is 9.84 Å². The van der Waals surface area contributed by atoms with Gasteiger partial charge in [0.1, 0.15) is 12.4 Å². The predicted octanol–water partition coefficient (Wildman–Crippen LogP) is 3.75. The molecule has 1 saturated heterocycles. The first-order valence-corrected chi connectivity index (χ1v) is 13.8. The summed E-state index contributed by atoms with van der Waals surface area (Å²) in [6.07, 6.45) is 0.565. The number of nitrogens with one attached hydrogen (secondary N) is 1. The van der Waals surface area contributed by atoms with E-state index in [1.54, 1.807) is 29.7 Å². The zero-order chi connectivity index (χ0) is 25.9. The Morgan fingerprint density at radius 2 is 1.92 bits per heavy atom. The molecule has 192 valence electrons. The average molecular weight is 512 g/mol. The molecular formula is C27H33N3O5S. The number of carbonyl (C=O) groups excluding carboxylic acids is 1. The number of hydroxylamine groups is 1. The monoisotopic (exact) mass is 511 g/mol. The molecule has 2 atom stereocenters. The van der Waals surface area contributed by atoms with Crippen molar-refractivity contribution in [2.24, 2.45) is 11.8 Å². The Labute approximate surface area is 212 Å². The summed E-state index contributed by atoms with van der Waals surface area (Å²) in [6, 6.07) is 16.5. The predicted molar refractivity (Wildman–Crippen MR) is 138 cm³/mol. The summed E-state index contributed by atoms with van der Waals surface area (Å²) in [7, 11) is -3.63. The second-order valence-electron chi connectivity index (χ2n) is 9.70. The van der Waals surface area contributed by atoms with E-state index in [1.807, 2.05) is 51.1 Å². The Hall–Kier alpha value is -3.01. The number of nitrogens with zero attached hydrogens (tertiary/aromatic N) is 2. The average Bonchev–Trinajstić information content (AvgIpc) is 2.86. The number of hydrogen-bond donors (Lipinski definition) is 2. The van der Waals surface area contributed by atoms with E-state index in [2.05, 4.69) is 9.88 Å². The van der Waals surface area contributed by atoms with Gasteiger partial charge in [0.25, 0.3) is 0 Å². The molecule has 1 fully saturated rings. The second-order valence-corrected chi connectivity index (χ2v) is 11.7. The first-order valence-electron chi connectivity index (χ1n) is 12.2. The van der Waals surface area contributed by atoms with Gasteiger partial charge in [-0.25, -0.2) is 13.9 Å². The second kappa shape index (κ2) is 10.9. The minimum atomic E-state index is -3.63. The van der Waals surface area contributed by atoms with E-state index in [4.69, 9.17) is 4.74 Å². The van der Waals surface area contributed by atoms with E-state index in [1.165, 1.54) is 0 Å². The van der Waals surface area contributed by atoms with E-state index < -0.39 is 21.7 Å². The van der Waals surface area contributed by atoms with Crippen LogP contribution in [-0.2, 0) is 21.2 Å². The number of para-hydroxylation sites is 1. The number of likely N-dealkylation sites (tertiary alicyclic amines) is 1. The van der Waals surface area contributed by atoms with Gasteiger partial charge in [0, 0.05) is 29.2 Å². The molecule has 9 heteroatoms. The van der Waals surface area contributed by atoms with Crippen LogP contribution in [0.3, 0.4) is 0 Å². The zero-order valence-electron chi connectivity index (χ0n) is 20.8. The molecule has 1 aliphatic heterocycles. The Morgan fingerprint density at radius 1 is 1.19 bits per heavy atom. The van der Waals surface area contributed by atoms with Crippen molar-refractivity contribution in [3.8, 4) is 5.75 Å². The van der Waals surface area contributed by atoms with Crippen molar-refractivity contribution >= 4 is 26.6 Å². The fourth-order valence-electron chi connectivity index (χ4n) is 4.87. The maximum absolute atomic E-state index is 13.2. The lowest BCUT2D eigenvalue weighted by Crippen LogP contribution is -2.50. The van der Waals surface area contributed by atoms with Crippen LogP contribution in [0, 0.1) is 18.8 Å². The first-order chi connectivity index (χ1) is 17.2. The smallest absolute Gasteiger partial charge is 0.248 e. The summed E-state index contributed by atoms with van der Waals surface area (Å²) in [6.45, 7) is 7.47. The molecule has 2 aromatic carbocycles. The summed E-state index contributed by atoms with van der Waals surface area (Å²) in [4.78, 5) is 19.2. The largest absolute Gasteiger partial charge is 0.489 e. The lowest BCUT2D eigenvalue weighted by Gasteiger charge is -2.39. The van der Waals surface area contributed by atoms with Gasteiger partial charge in [-0.05, 0) is 76.1 Å². The van der Waals surface area contributed by atoms with Crippen LogP contribution >= 0.6 is 0 Å². The molecule has 0 saturated carbocycles. The van der Waals surface area contributed by atoms with Crippen LogP contribution in [0.5, 0.6) is 5.75 Å². The van der Waals surface area contributed by atoms with Crippen molar-refractivity contribution in [2.45, 2.75) is 44.7 Å². The van der Waals surface area contributed by atoms with E-state index in [-0.39, 0.29) is 22.6 Å². The summed E-state index contributed by atoms with van der Waals surface area (Å²) in [5.74, 6) is -1.10. The standard InChI is InChI=1S/C27H33N3O5S/c1-18(2)30-13-12-20(25(15-30)27(31)29-32)17-36(33,34)23-10-8-22(9-11-23)35-16-21-14-19(3)28-26-7-5-4-6-24(21)26/h4-11,14,18,20,25,32H,12-13,15-17H2,1-3H3,(H,29,31)/t20-,25-/m1/s1. The van der Waals surface area contributed by atoms with E-state index in [9.17, 15) is 18.4 Å². The normalized spacial score (nSPS) is 18.9. The molecule has 2 heterocycles. The van der Waals surface area contributed by atoms with Crippen LogP contribution in [0.1, 0.15) is 31.5 Å². The summed E-state index contributed by atoms with van der Waals surface area (Å²) >= 11 is 0. The molecule has 0 unspecified atom stereocenters. The fourth-order valence-corrected chi connectivity index (χ4v) is 6.58. The number of rotatable bonds is 8. The Balaban J connectivity index is 1.45. The van der Waals surface area contributed by atoms with Crippen LogP contribution < -0.4 is 10.2 Å². The topological polar surface area (TPSA) is 109 Å². The SMILES string of the molecule is Cc1cc(COc2ccc(S(=O)(=O)C[C@H]3CCN(C(C)C)C[C@H]3C(=O)NO)cc2)c2ccccc2n1. The third kappa shape index (κ3) is 5.86. The molecule has 1 aromatic heterocycles. The minimum absolute atomic E-state index is 0.153. The third-order valence-electron chi connectivity index (χ3n) is 6.91. The third-order valence-corrected chi connectivity index (χ3v) is 8.76. The fraction of sp³-hybridized carbons (Fsp3) is 0.407. The summed E-state index contributed by atoms with van der Waals surface area (Å²) in [5.41, 5.74) is 4.54. The van der Waals surface area contributed by atoms with E-state index >= 15 is 0 Å². The van der Waals surface area contributed by atoms with Crippen molar-refractivity contribution in [3.63, 3.8) is 0 Å². The molecule has 1 aliphatic rings. The number of fused-ring (bicyclic) bond motifs is 1. The van der Waals surface area contributed by atoms with Crippen molar-refractivity contribution in [2.75, 3.05) is 18.8 Å². The molecule has 2 N–H and O–H groups in total. The lowest BCUT2D eigenvalue weighted by molar-refractivity contribution is -0.137. The molecular weight excluding hydrogens is 478 g/mol. The molecule has 0 aliphatic carbocycles. The number of amides is 1. The highest BCUT2D eigenvalue weighted by atomic mass is 32.2. The van der Waals surface area contributed by atoms with Crippen LogP contribution in [0.25, 0.3) is 10.9 Å². The molecule has 0 spiro atoms. The summed E-state index contributed by atoms with van der Waals surface area (Å²) < 4.78 is 32.3. The Bertz CT molecular complexity index is 1320. The van der Waals surface area contributed by atoms with Crippen LogP contribution in [0.4, 0.5) is 0 Å². The Kier molecular flexibility index (Phi) is 7.92. The molecule has 0 radical (unpaired) electrons. The number of aromatic nitrogens is 1. The quantitative estimate of drug-likeness (QED) is 0.350. The van der Waals surface area contributed by atoms with Crippen molar-refractivity contribution in [1.29, 1.82) is 0 Å². The highest BCUT2D eigenvalue weighted by molar-refractivity contribution is 7.91. The van der Waals surface area contributed by atoms with Crippen LogP contribution in [0.2, 0.25) is 0 Å². The number of carbonyl (C=O) groups is 1. The molecule has 8 nitrogen and oxygen atoms in total. The number of sulfone groups is 1. The van der Waals surface area contributed by atoms with Crippen molar-refractivity contribution < 1.29 is 23.2 Å². The zero-order valence-corrected chi connectivity index (χ0v) is 21.7. The van der Waals surface area contributed by atoms with Gasteiger partial charge in [-0.1, -0.05) is 18.2 Å². The van der Waals surface area contributed by atoms with Crippen LogP contribution in [0.15, 0.2) is 59.5 Å². The van der Waals surface area contributed by atoms with Gasteiger partial charge < -0.3 is 9.64 Å². The highest BCUT2D eigenvalue weighted by Gasteiger charge is 2.37. The minimum Gasteiger partial charge on any atom is -0.489 e. The van der Waals surface area contributed by atoms with Gasteiger partial charge >= 0.3 is 0 Å². The maximum atomic E-state index is 13.2. The number of piperidine rings is 1. The molecule has 4 rings (SSSR count). The van der Waals surface area contributed by atoms with Crippen molar-refractivity contribution in [1.82, 2.24) is 15.4 Å². The number of aryl methyl sites for hydroxylation is 1. The molecule has 0 bridgehead atoms. The highest BCUT2D eigenvalue weighted by Crippen LogP contribution is 2.29. The van der Waals surface area contributed by atoms with Gasteiger partial charge in [-0.2, -0.15) is 0 Å². The number of hydrogen-bond acceptors (Lipinski definition) is 7. The number of pyridine rings is 1. The van der Waals surface area contributed by atoms with E-state index in [0.717, 1.165) is 22.2 Å². The van der Waals surface area contributed by atoms with Gasteiger partial charge in [-0.3, -0.25) is 15.0 Å².